The molecule has 0 saturated carbocycles. The maximum absolute atomic E-state index is 14.1. The Bertz CT molecular complexity index is 463. The lowest BCUT2D eigenvalue weighted by atomic mass is 10.1. The van der Waals surface area contributed by atoms with Gasteiger partial charge in [-0.25, -0.2) is 4.39 Å². The normalized spacial score (nSPS) is 20.2. The first-order valence-electron chi connectivity index (χ1n) is 6.77. The van der Waals surface area contributed by atoms with E-state index >= 15 is 0 Å². The fourth-order valence-corrected chi connectivity index (χ4v) is 2.89. The maximum atomic E-state index is 14.1. The van der Waals surface area contributed by atoms with Gasteiger partial charge in [0, 0.05) is 18.5 Å². The van der Waals surface area contributed by atoms with Gasteiger partial charge >= 0.3 is 0 Å². The summed E-state index contributed by atoms with van der Waals surface area (Å²) in [6.07, 6.45) is 4.06. The number of alkyl halides is 1. The Morgan fingerprint density at radius 3 is 2.95 bits per heavy atom. The van der Waals surface area contributed by atoms with E-state index in [1.807, 2.05) is 0 Å². The van der Waals surface area contributed by atoms with Crippen LogP contribution in [0.3, 0.4) is 0 Å². The van der Waals surface area contributed by atoms with E-state index in [9.17, 15) is 9.18 Å². The van der Waals surface area contributed by atoms with Crippen molar-refractivity contribution >= 4 is 17.5 Å². The number of likely N-dealkylation sites (tertiary alicyclic amines) is 1. The molecule has 104 valence electrons. The van der Waals surface area contributed by atoms with Crippen molar-refractivity contribution in [3.05, 3.63) is 35.1 Å². The quantitative estimate of drug-likeness (QED) is 0.757. The van der Waals surface area contributed by atoms with E-state index in [1.54, 1.807) is 30.0 Å². The van der Waals surface area contributed by atoms with Crippen LogP contribution in [0, 0.1) is 12.7 Å². The standard InChI is InChI=1S/C15H19ClFNO/c1-11-6-5-8-13(14(11)17)15(19)18-9-4-2-3-7-12(18)10-16/h5-6,8,12H,2-4,7,9-10H2,1H3. The van der Waals surface area contributed by atoms with Crippen molar-refractivity contribution < 1.29 is 9.18 Å². The SMILES string of the molecule is Cc1cccc(C(=O)N2CCCCCC2CCl)c1F. The lowest BCUT2D eigenvalue weighted by Crippen LogP contribution is -2.41. The van der Waals surface area contributed by atoms with Gasteiger partial charge in [0.1, 0.15) is 5.82 Å². The molecule has 0 bridgehead atoms. The molecule has 0 spiro atoms. The molecule has 19 heavy (non-hydrogen) atoms. The molecule has 1 unspecified atom stereocenters. The van der Waals surface area contributed by atoms with Gasteiger partial charge in [-0.2, -0.15) is 0 Å². The molecule has 1 heterocycles. The fraction of sp³-hybridized carbons (Fsp3) is 0.533. The van der Waals surface area contributed by atoms with E-state index in [1.165, 1.54) is 0 Å². The Balaban J connectivity index is 2.28. The Kier molecular flexibility index (Phi) is 4.81. The van der Waals surface area contributed by atoms with Crippen molar-refractivity contribution in [1.29, 1.82) is 0 Å². The number of aryl methyl sites for hydroxylation is 1. The molecule has 1 aromatic carbocycles. The number of rotatable bonds is 2. The lowest BCUT2D eigenvalue weighted by molar-refractivity contribution is 0.0695. The second kappa shape index (κ2) is 6.38. The molecular formula is C15H19ClFNO. The molecule has 2 nitrogen and oxygen atoms in total. The summed E-state index contributed by atoms with van der Waals surface area (Å²) >= 11 is 5.96. The van der Waals surface area contributed by atoms with Gasteiger partial charge in [-0.1, -0.05) is 25.0 Å². The molecule has 0 aliphatic carbocycles. The minimum absolute atomic E-state index is 0.0246. The van der Waals surface area contributed by atoms with Crippen LogP contribution in [0.15, 0.2) is 18.2 Å². The van der Waals surface area contributed by atoms with Crippen LogP contribution >= 0.6 is 11.6 Å². The average Bonchev–Trinajstić information content (AvgIpc) is 2.66. The molecule has 1 amide bonds. The zero-order valence-electron chi connectivity index (χ0n) is 11.2. The van der Waals surface area contributed by atoms with Gasteiger partial charge in [0.15, 0.2) is 0 Å². The molecule has 1 saturated heterocycles. The minimum atomic E-state index is -0.412. The molecule has 1 fully saturated rings. The first-order chi connectivity index (χ1) is 9.15. The topological polar surface area (TPSA) is 20.3 Å². The van der Waals surface area contributed by atoms with E-state index in [4.69, 9.17) is 11.6 Å². The summed E-state index contributed by atoms with van der Waals surface area (Å²) in [5.74, 6) is -0.224. The van der Waals surface area contributed by atoms with Crippen LogP contribution in [0.2, 0.25) is 0 Å². The van der Waals surface area contributed by atoms with E-state index < -0.39 is 5.82 Å². The minimum Gasteiger partial charge on any atom is -0.334 e. The van der Waals surface area contributed by atoms with Crippen LogP contribution in [0.4, 0.5) is 4.39 Å². The summed E-state index contributed by atoms with van der Waals surface area (Å²) < 4.78 is 14.1. The van der Waals surface area contributed by atoms with Crippen LogP contribution in [0.1, 0.15) is 41.6 Å². The molecule has 1 atom stereocenters. The van der Waals surface area contributed by atoms with Crippen LogP contribution in [0.5, 0.6) is 0 Å². The molecular weight excluding hydrogens is 265 g/mol. The Morgan fingerprint density at radius 1 is 1.42 bits per heavy atom. The predicted octanol–water partition coefficient (Wildman–Crippen LogP) is 3.76. The predicted molar refractivity (Wildman–Crippen MR) is 75.1 cm³/mol. The smallest absolute Gasteiger partial charge is 0.257 e. The number of nitrogens with zero attached hydrogens (tertiary/aromatic N) is 1. The van der Waals surface area contributed by atoms with Crippen molar-refractivity contribution in [3.8, 4) is 0 Å². The van der Waals surface area contributed by atoms with Crippen LogP contribution < -0.4 is 0 Å². The summed E-state index contributed by atoms with van der Waals surface area (Å²) in [7, 11) is 0. The third kappa shape index (κ3) is 3.08. The molecule has 1 aliphatic rings. The highest BCUT2D eigenvalue weighted by Crippen LogP contribution is 2.22. The third-order valence-electron chi connectivity index (χ3n) is 3.74. The molecule has 1 aromatic rings. The largest absolute Gasteiger partial charge is 0.334 e. The van der Waals surface area contributed by atoms with Crippen molar-refractivity contribution in [1.82, 2.24) is 4.90 Å². The second-order valence-electron chi connectivity index (χ2n) is 5.09. The number of carbonyl (C=O) groups is 1. The van der Waals surface area contributed by atoms with Gasteiger partial charge in [0.25, 0.3) is 5.91 Å². The number of hydrogen-bond donors (Lipinski definition) is 0. The summed E-state index contributed by atoms with van der Waals surface area (Å²) in [6.45, 7) is 2.34. The highest BCUT2D eigenvalue weighted by Gasteiger charge is 2.27. The van der Waals surface area contributed by atoms with Gasteiger partial charge < -0.3 is 4.90 Å². The van der Waals surface area contributed by atoms with Gasteiger partial charge in [-0.05, 0) is 31.4 Å². The molecule has 4 heteroatoms. The Morgan fingerprint density at radius 2 is 2.21 bits per heavy atom. The number of amides is 1. The van der Waals surface area contributed by atoms with Gasteiger partial charge in [0.2, 0.25) is 0 Å². The Hall–Kier alpha value is -1.09. The van der Waals surface area contributed by atoms with E-state index in [0.717, 1.165) is 25.7 Å². The van der Waals surface area contributed by atoms with Crippen molar-refractivity contribution in [3.63, 3.8) is 0 Å². The van der Waals surface area contributed by atoms with E-state index in [2.05, 4.69) is 0 Å². The van der Waals surface area contributed by atoms with Gasteiger partial charge in [-0.3, -0.25) is 4.79 Å². The maximum Gasteiger partial charge on any atom is 0.257 e. The summed E-state index contributed by atoms with van der Waals surface area (Å²) in [5, 5.41) is 0. The Labute approximate surface area is 118 Å². The number of benzene rings is 1. The average molecular weight is 284 g/mol. The first kappa shape index (κ1) is 14.3. The number of carbonyl (C=O) groups excluding carboxylic acids is 1. The highest BCUT2D eigenvalue weighted by molar-refractivity contribution is 6.18. The van der Waals surface area contributed by atoms with Crippen LogP contribution in [0.25, 0.3) is 0 Å². The highest BCUT2D eigenvalue weighted by atomic mass is 35.5. The summed E-state index contributed by atoms with van der Waals surface area (Å²) in [6, 6.07) is 4.98. The fourth-order valence-electron chi connectivity index (χ4n) is 2.57. The van der Waals surface area contributed by atoms with Gasteiger partial charge in [-0.15, -0.1) is 11.6 Å². The van der Waals surface area contributed by atoms with Gasteiger partial charge in [0.05, 0.1) is 5.56 Å². The van der Waals surface area contributed by atoms with Crippen molar-refractivity contribution in [2.75, 3.05) is 12.4 Å². The van der Waals surface area contributed by atoms with Crippen molar-refractivity contribution in [2.24, 2.45) is 0 Å². The molecule has 2 rings (SSSR count). The van der Waals surface area contributed by atoms with Crippen LogP contribution in [-0.2, 0) is 0 Å². The molecule has 0 aromatic heterocycles. The third-order valence-corrected chi connectivity index (χ3v) is 4.09. The molecule has 1 aliphatic heterocycles. The number of hydrogen-bond acceptors (Lipinski definition) is 1. The second-order valence-corrected chi connectivity index (χ2v) is 5.40. The molecule has 0 N–H and O–H groups in total. The van der Waals surface area contributed by atoms with Crippen LogP contribution in [-0.4, -0.2) is 29.3 Å². The number of halogens is 2. The first-order valence-corrected chi connectivity index (χ1v) is 7.30. The summed E-state index contributed by atoms with van der Waals surface area (Å²) in [5.41, 5.74) is 0.667. The zero-order valence-corrected chi connectivity index (χ0v) is 11.9. The van der Waals surface area contributed by atoms with E-state index in [-0.39, 0.29) is 17.5 Å². The molecule has 0 radical (unpaired) electrons. The van der Waals surface area contributed by atoms with Crippen molar-refractivity contribution in [2.45, 2.75) is 38.6 Å². The zero-order chi connectivity index (χ0) is 13.8. The monoisotopic (exact) mass is 283 g/mol. The summed E-state index contributed by atoms with van der Waals surface area (Å²) in [4.78, 5) is 14.3. The lowest BCUT2D eigenvalue weighted by Gasteiger charge is -2.29. The van der Waals surface area contributed by atoms with E-state index in [0.29, 0.717) is 18.0 Å².